The van der Waals surface area contributed by atoms with E-state index in [1.165, 1.54) is 11.3 Å². The number of aromatic nitrogens is 2. The predicted molar refractivity (Wildman–Crippen MR) is 92.3 cm³/mol. The topological polar surface area (TPSA) is 32.3 Å². The van der Waals surface area contributed by atoms with Gasteiger partial charge in [0.25, 0.3) is 0 Å². The molecule has 1 fully saturated rings. The number of hydrogen-bond donors (Lipinski definition) is 0. The summed E-state index contributed by atoms with van der Waals surface area (Å²) in [6, 6.07) is 0. The summed E-state index contributed by atoms with van der Waals surface area (Å²) in [6.07, 6.45) is 0. The summed E-state index contributed by atoms with van der Waals surface area (Å²) in [5.41, 5.74) is 3.76. The Kier molecular flexibility index (Phi) is 5.23. The molecule has 124 valence electrons. The Morgan fingerprint density at radius 3 is 2.14 bits per heavy atom. The molecule has 0 bridgehead atoms. The van der Waals surface area contributed by atoms with Crippen molar-refractivity contribution >= 4 is 0 Å². The van der Waals surface area contributed by atoms with E-state index in [1.54, 1.807) is 0 Å². The molecule has 1 aliphatic rings. The van der Waals surface area contributed by atoms with Gasteiger partial charge in [0.2, 0.25) is 0 Å². The van der Waals surface area contributed by atoms with Gasteiger partial charge in [-0.05, 0) is 25.5 Å². The van der Waals surface area contributed by atoms with Crippen LogP contribution in [0, 0.1) is 6.92 Å². The van der Waals surface area contributed by atoms with Crippen molar-refractivity contribution in [1.29, 1.82) is 0 Å². The van der Waals surface area contributed by atoms with Crippen LogP contribution in [0.5, 0.6) is 0 Å². The average Bonchev–Trinajstić information content (AvgIpc) is 2.39. The molecule has 4 nitrogen and oxygen atoms in total. The third-order valence-corrected chi connectivity index (χ3v) is 4.43. The standard InChI is InChI=1S/C18H32N4/c1-13(2)16-14(3)19-15(20-17(16)18(4,5)6)12-22-10-8-21(7)9-11-22/h13H,8-12H2,1-7H3. The van der Waals surface area contributed by atoms with Gasteiger partial charge in [0.1, 0.15) is 5.82 Å². The molecule has 1 saturated heterocycles. The van der Waals surface area contributed by atoms with Gasteiger partial charge in [-0.15, -0.1) is 0 Å². The molecule has 0 spiro atoms. The van der Waals surface area contributed by atoms with E-state index in [1.807, 2.05) is 0 Å². The molecule has 0 amide bonds. The first-order valence-electron chi connectivity index (χ1n) is 8.47. The maximum Gasteiger partial charge on any atom is 0.142 e. The van der Waals surface area contributed by atoms with Gasteiger partial charge in [-0.1, -0.05) is 34.6 Å². The molecule has 2 heterocycles. The summed E-state index contributed by atoms with van der Waals surface area (Å²) in [6.45, 7) is 18.7. The molecule has 0 aromatic carbocycles. The number of aryl methyl sites for hydroxylation is 1. The molecular weight excluding hydrogens is 272 g/mol. The van der Waals surface area contributed by atoms with Crippen LogP contribution in [0.3, 0.4) is 0 Å². The van der Waals surface area contributed by atoms with Crippen molar-refractivity contribution in [2.24, 2.45) is 0 Å². The normalized spacial score (nSPS) is 18.2. The smallest absolute Gasteiger partial charge is 0.142 e. The lowest BCUT2D eigenvalue weighted by molar-refractivity contribution is 0.145. The molecule has 2 rings (SSSR count). The fourth-order valence-electron chi connectivity index (χ4n) is 3.18. The molecule has 0 saturated carbocycles. The first-order valence-corrected chi connectivity index (χ1v) is 8.47. The molecule has 0 radical (unpaired) electrons. The van der Waals surface area contributed by atoms with Crippen LogP contribution in [0.2, 0.25) is 0 Å². The fourth-order valence-corrected chi connectivity index (χ4v) is 3.18. The van der Waals surface area contributed by atoms with E-state index in [0.717, 1.165) is 44.2 Å². The van der Waals surface area contributed by atoms with Crippen LogP contribution in [0.25, 0.3) is 0 Å². The summed E-state index contributed by atoms with van der Waals surface area (Å²) in [7, 11) is 2.19. The van der Waals surface area contributed by atoms with E-state index in [2.05, 4.69) is 58.4 Å². The maximum absolute atomic E-state index is 4.97. The third kappa shape index (κ3) is 4.05. The van der Waals surface area contributed by atoms with Crippen LogP contribution in [-0.4, -0.2) is 53.0 Å². The minimum atomic E-state index is 0.0597. The lowest BCUT2D eigenvalue weighted by Crippen LogP contribution is -2.44. The maximum atomic E-state index is 4.97. The molecule has 0 N–H and O–H groups in total. The number of nitrogens with zero attached hydrogens (tertiary/aromatic N) is 4. The second-order valence-electron chi connectivity index (χ2n) is 7.97. The number of hydrogen-bond acceptors (Lipinski definition) is 4. The number of likely N-dealkylation sites (N-methyl/N-ethyl adjacent to an activating group) is 1. The Hall–Kier alpha value is -1.00. The van der Waals surface area contributed by atoms with Crippen molar-refractivity contribution in [3.05, 3.63) is 22.8 Å². The van der Waals surface area contributed by atoms with Gasteiger partial charge in [0, 0.05) is 37.3 Å². The van der Waals surface area contributed by atoms with Crippen molar-refractivity contribution in [2.45, 2.75) is 59.4 Å². The molecular formula is C18H32N4. The third-order valence-electron chi connectivity index (χ3n) is 4.43. The zero-order chi connectivity index (χ0) is 16.5. The quantitative estimate of drug-likeness (QED) is 0.859. The highest BCUT2D eigenvalue weighted by atomic mass is 15.3. The number of piperazine rings is 1. The van der Waals surface area contributed by atoms with E-state index in [-0.39, 0.29) is 5.41 Å². The van der Waals surface area contributed by atoms with Crippen molar-refractivity contribution in [2.75, 3.05) is 33.2 Å². The molecule has 22 heavy (non-hydrogen) atoms. The van der Waals surface area contributed by atoms with E-state index in [0.29, 0.717) is 5.92 Å². The van der Waals surface area contributed by atoms with Gasteiger partial charge < -0.3 is 4.90 Å². The monoisotopic (exact) mass is 304 g/mol. The van der Waals surface area contributed by atoms with Crippen molar-refractivity contribution in [3.8, 4) is 0 Å². The second kappa shape index (κ2) is 6.63. The molecule has 1 aromatic rings. The van der Waals surface area contributed by atoms with E-state index < -0.39 is 0 Å². The summed E-state index contributed by atoms with van der Waals surface area (Å²) < 4.78 is 0. The fraction of sp³-hybridized carbons (Fsp3) is 0.778. The summed E-state index contributed by atoms with van der Waals surface area (Å²) in [5.74, 6) is 1.45. The van der Waals surface area contributed by atoms with Crippen LogP contribution in [-0.2, 0) is 12.0 Å². The highest BCUT2D eigenvalue weighted by Crippen LogP contribution is 2.30. The first kappa shape index (κ1) is 17.4. The van der Waals surface area contributed by atoms with Crippen LogP contribution in [0.4, 0.5) is 0 Å². The lowest BCUT2D eigenvalue weighted by atomic mass is 9.84. The van der Waals surface area contributed by atoms with E-state index >= 15 is 0 Å². The van der Waals surface area contributed by atoms with Crippen molar-refractivity contribution in [3.63, 3.8) is 0 Å². The van der Waals surface area contributed by atoms with Gasteiger partial charge in [-0.3, -0.25) is 4.90 Å². The van der Waals surface area contributed by atoms with Crippen molar-refractivity contribution in [1.82, 2.24) is 19.8 Å². The lowest BCUT2D eigenvalue weighted by Gasteiger charge is -2.32. The Morgan fingerprint density at radius 2 is 1.64 bits per heavy atom. The Morgan fingerprint density at radius 1 is 1.05 bits per heavy atom. The first-order chi connectivity index (χ1) is 10.2. The molecule has 4 heteroatoms. The minimum absolute atomic E-state index is 0.0597. The van der Waals surface area contributed by atoms with Gasteiger partial charge in [-0.2, -0.15) is 0 Å². The highest BCUT2D eigenvalue weighted by molar-refractivity contribution is 5.33. The van der Waals surface area contributed by atoms with Gasteiger partial charge in [-0.25, -0.2) is 9.97 Å². The Balaban J connectivity index is 2.28. The summed E-state index contributed by atoms with van der Waals surface area (Å²) in [4.78, 5) is 14.6. The molecule has 0 unspecified atom stereocenters. The molecule has 0 aliphatic carbocycles. The van der Waals surface area contributed by atoms with E-state index in [9.17, 15) is 0 Å². The van der Waals surface area contributed by atoms with Crippen LogP contribution >= 0.6 is 0 Å². The van der Waals surface area contributed by atoms with Crippen LogP contribution < -0.4 is 0 Å². The second-order valence-corrected chi connectivity index (χ2v) is 7.97. The average molecular weight is 304 g/mol. The largest absolute Gasteiger partial charge is 0.304 e. The SMILES string of the molecule is Cc1nc(CN2CCN(C)CC2)nc(C(C)(C)C)c1C(C)C. The van der Waals surface area contributed by atoms with Crippen molar-refractivity contribution < 1.29 is 0 Å². The van der Waals surface area contributed by atoms with Gasteiger partial charge in [0.15, 0.2) is 0 Å². The van der Waals surface area contributed by atoms with Gasteiger partial charge >= 0.3 is 0 Å². The molecule has 0 atom stereocenters. The number of rotatable bonds is 3. The van der Waals surface area contributed by atoms with Gasteiger partial charge in [0.05, 0.1) is 12.2 Å². The van der Waals surface area contributed by atoms with Crippen LogP contribution in [0.15, 0.2) is 0 Å². The summed E-state index contributed by atoms with van der Waals surface area (Å²) in [5, 5.41) is 0. The zero-order valence-corrected chi connectivity index (χ0v) is 15.4. The predicted octanol–water partition coefficient (Wildman–Crippen LogP) is 2.95. The zero-order valence-electron chi connectivity index (χ0n) is 15.4. The Bertz CT molecular complexity index is 509. The van der Waals surface area contributed by atoms with E-state index in [4.69, 9.17) is 9.97 Å². The minimum Gasteiger partial charge on any atom is -0.304 e. The molecule has 1 aromatic heterocycles. The van der Waals surface area contributed by atoms with Crippen LogP contribution in [0.1, 0.15) is 63.3 Å². The molecule has 1 aliphatic heterocycles. The Labute approximate surface area is 135 Å². The highest BCUT2D eigenvalue weighted by Gasteiger charge is 2.25. The summed E-state index contributed by atoms with van der Waals surface area (Å²) >= 11 is 0.